The first-order valence-corrected chi connectivity index (χ1v) is 7.53. The summed E-state index contributed by atoms with van der Waals surface area (Å²) >= 11 is 6.32. The van der Waals surface area contributed by atoms with Gasteiger partial charge in [-0.25, -0.2) is 0 Å². The number of aryl methyl sites for hydroxylation is 2. The number of rotatable bonds is 6. The molecule has 114 valence electrons. The number of methoxy groups -OCH3 is 1. The number of hydrogen-bond acceptors (Lipinski definition) is 3. The van der Waals surface area contributed by atoms with E-state index in [0.717, 1.165) is 41.5 Å². The van der Waals surface area contributed by atoms with Gasteiger partial charge >= 0.3 is 0 Å². The van der Waals surface area contributed by atoms with Gasteiger partial charge in [0, 0.05) is 19.0 Å². The third kappa shape index (κ3) is 3.77. The average Bonchev–Trinajstić information content (AvgIpc) is 2.75. The van der Waals surface area contributed by atoms with E-state index in [-0.39, 0.29) is 6.04 Å². The summed E-state index contributed by atoms with van der Waals surface area (Å²) in [5.74, 6) is 0.857. The fraction of sp³-hybridized carbons (Fsp3) is 0.438. The lowest BCUT2D eigenvalue weighted by molar-refractivity contribution is 0.414. The number of halogens is 1. The molecule has 0 fully saturated rings. The number of nitrogens with zero attached hydrogens (tertiary/aromatic N) is 2. The summed E-state index contributed by atoms with van der Waals surface area (Å²) < 4.78 is 7.09. The molecule has 0 saturated carbocycles. The summed E-state index contributed by atoms with van der Waals surface area (Å²) in [6, 6.07) is 8.01. The minimum atomic E-state index is 0.0114. The predicted molar refractivity (Wildman–Crippen MR) is 86.0 cm³/mol. The number of nitrogens with two attached hydrogens (primary N) is 1. The molecule has 1 aromatic heterocycles. The Morgan fingerprint density at radius 2 is 1.95 bits per heavy atom. The van der Waals surface area contributed by atoms with Crippen molar-refractivity contribution in [1.82, 2.24) is 9.78 Å². The first kappa shape index (κ1) is 15.9. The Kier molecular flexibility index (Phi) is 5.26. The Hall–Kier alpha value is -1.52. The van der Waals surface area contributed by atoms with Gasteiger partial charge in [0.2, 0.25) is 0 Å². The van der Waals surface area contributed by atoms with E-state index in [0.29, 0.717) is 0 Å². The number of ether oxygens (including phenoxy) is 1. The van der Waals surface area contributed by atoms with E-state index >= 15 is 0 Å². The lowest BCUT2D eigenvalue weighted by Crippen LogP contribution is -2.27. The van der Waals surface area contributed by atoms with Crippen LogP contribution in [-0.2, 0) is 19.4 Å². The van der Waals surface area contributed by atoms with Crippen LogP contribution in [0.3, 0.4) is 0 Å². The maximum Gasteiger partial charge on any atom is 0.118 e. The van der Waals surface area contributed by atoms with Crippen LogP contribution in [0.1, 0.15) is 23.9 Å². The van der Waals surface area contributed by atoms with Crippen LogP contribution in [-0.4, -0.2) is 22.9 Å². The maximum atomic E-state index is 6.32. The Balaban J connectivity index is 2.05. The third-order valence-electron chi connectivity index (χ3n) is 3.57. The molecule has 1 unspecified atom stereocenters. The van der Waals surface area contributed by atoms with Gasteiger partial charge in [0.15, 0.2) is 0 Å². The van der Waals surface area contributed by atoms with Gasteiger partial charge in [0.25, 0.3) is 0 Å². The minimum Gasteiger partial charge on any atom is -0.497 e. The number of aromatic nitrogens is 2. The molecule has 2 aromatic rings. The molecule has 2 N–H and O–H groups in total. The first-order valence-electron chi connectivity index (χ1n) is 7.15. The topological polar surface area (TPSA) is 53.1 Å². The quantitative estimate of drug-likeness (QED) is 0.892. The highest BCUT2D eigenvalue weighted by Gasteiger charge is 2.16. The van der Waals surface area contributed by atoms with E-state index < -0.39 is 0 Å². The number of hydrogen-bond donors (Lipinski definition) is 1. The standard InChI is InChI=1S/C16H22ClN3O/c1-4-20-15(16(17)11(2)19-20)10-13(18)9-12-5-7-14(21-3)8-6-12/h5-8,13H,4,9-10,18H2,1-3H3. The Morgan fingerprint density at radius 1 is 1.29 bits per heavy atom. The highest BCUT2D eigenvalue weighted by atomic mass is 35.5. The molecule has 0 radical (unpaired) electrons. The van der Waals surface area contributed by atoms with Crippen molar-refractivity contribution >= 4 is 11.6 Å². The summed E-state index contributed by atoms with van der Waals surface area (Å²) in [6.45, 7) is 4.78. The Labute approximate surface area is 130 Å². The molecule has 0 aliphatic rings. The lowest BCUT2D eigenvalue weighted by atomic mass is 10.0. The van der Waals surface area contributed by atoms with Gasteiger partial charge in [0.1, 0.15) is 5.75 Å². The molecule has 0 saturated heterocycles. The molecule has 5 heteroatoms. The van der Waals surface area contributed by atoms with Crippen molar-refractivity contribution in [1.29, 1.82) is 0 Å². The van der Waals surface area contributed by atoms with E-state index in [2.05, 4.69) is 12.0 Å². The van der Waals surface area contributed by atoms with Gasteiger partial charge in [-0.2, -0.15) is 5.10 Å². The normalized spacial score (nSPS) is 12.4. The van der Waals surface area contributed by atoms with Crippen molar-refractivity contribution in [2.24, 2.45) is 5.73 Å². The summed E-state index contributed by atoms with van der Waals surface area (Å²) in [7, 11) is 1.66. The van der Waals surface area contributed by atoms with E-state index in [1.54, 1.807) is 7.11 Å². The zero-order chi connectivity index (χ0) is 15.4. The van der Waals surface area contributed by atoms with Crippen LogP contribution in [0.2, 0.25) is 5.02 Å². The minimum absolute atomic E-state index is 0.0114. The largest absolute Gasteiger partial charge is 0.497 e. The SMILES string of the molecule is CCn1nc(C)c(Cl)c1CC(N)Cc1ccc(OC)cc1. The van der Waals surface area contributed by atoms with Gasteiger partial charge < -0.3 is 10.5 Å². The van der Waals surface area contributed by atoms with Crippen LogP contribution in [0, 0.1) is 6.92 Å². The van der Waals surface area contributed by atoms with Crippen molar-refractivity contribution < 1.29 is 4.74 Å². The molecule has 21 heavy (non-hydrogen) atoms. The van der Waals surface area contributed by atoms with Gasteiger partial charge in [-0.1, -0.05) is 23.7 Å². The van der Waals surface area contributed by atoms with E-state index in [1.165, 1.54) is 5.56 Å². The molecule has 0 spiro atoms. The van der Waals surface area contributed by atoms with Crippen LogP contribution >= 0.6 is 11.6 Å². The molecule has 0 aliphatic carbocycles. The van der Waals surface area contributed by atoms with Crippen LogP contribution < -0.4 is 10.5 Å². The average molecular weight is 308 g/mol. The van der Waals surface area contributed by atoms with Crippen LogP contribution in [0.5, 0.6) is 5.75 Å². The van der Waals surface area contributed by atoms with Gasteiger partial charge in [-0.05, 0) is 38.0 Å². The van der Waals surface area contributed by atoms with Crippen molar-refractivity contribution in [2.75, 3.05) is 7.11 Å². The molecular formula is C16H22ClN3O. The fourth-order valence-electron chi connectivity index (χ4n) is 2.45. The van der Waals surface area contributed by atoms with Crippen molar-refractivity contribution in [2.45, 2.75) is 39.3 Å². The second-order valence-electron chi connectivity index (χ2n) is 5.18. The fourth-order valence-corrected chi connectivity index (χ4v) is 2.66. The highest BCUT2D eigenvalue weighted by Crippen LogP contribution is 2.22. The third-order valence-corrected chi connectivity index (χ3v) is 4.06. The molecule has 1 heterocycles. The first-order chi connectivity index (χ1) is 10.0. The molecular weight excluding hydrogens is 286 g/mol. The van der Waals surface area contributed by atoms with Crippen LogP contribution in [0.4, 0.5) is 0 Å². The summed E-state index contributed by atoms with van der Waals surface area (Å²) in [4.78, 5) is 0. The van der Waals surface area contributed by atoms with E-state index in [9.17, 15) is 0 Å². The second-order valence-corrected chi connectivity index (χ2v) is 5.56. The van der Waals surface area contributed by atoms with Gasteiger partial charge in [-0.15, -0.1) is 0 Å². The van der Waals surface area contributed by atoms with Gasteiger partial charge in [-0.3, -0.25) is 4.68 Å². The predicted octanol–water partition coefficient (Wildman–Crippen LogP) is 2.99. The maximum absolute atomic E-state index is 6.32. The Morgan fingerprint density at radius 3 is 2.52 bits per heavy atom. The molecule has 0 aliphatic heterocycles. The number of benzene rings is 1. The summed E-state index contributed by atoms with van der Waals surface area (Å²) in [5, 5.41) is 5.16. The zero-order valence-corrected chi connectivity index (χ0v) is 13.5. The van der Waals surface area contributed by atoms with Crippen LogP contribution in [0.15, 0.2) is 24.3 Å². The highest BCUT2D eigenvalue weighted by molar-refractivity contribution is 6.31. The molecule has 2 rings (SSSR count). The molecule has 0 amide bonds. The molecule has 4 nitrogen and oxygen atoms in total. The smallest absolute Gasteiger partial charge is 0.118 e. The van der Waals surface area contributed by atoms with E-state index in [1.807, 2.05) is 35.9 Å². The van der Waals surface area contributed by atoms with Crippen molar-refractivity contribution in [3.8, 4) is 5.75 Å². The Bertz CT molecular complexity index is 592. The summed E-state index contributed by atoms with van der Waals surface area (Å²) in [6.07, 6.45) is 1.52. The van der Waals surface area contributed by atoms with E-state index in [4.69, 9.17) is 22.1 Å². The van der Waals surface area contributed by atoms with Crippen LogP contribution in [0.25, 0.3) is 0 Å². The molecule has 0 bridgehead atoms. The molecule has 1 aromatic carbocycles. The second kappa shape index (κ2) is 6.96. The molecule has 1 atom stereocenters. The monoisotopic (exact) mass is 307 g/mol. The lowest BCUT2D eigenvalue weighted by Gasteiger charge is -2.13. The van der Waals surface area contributed by atoms with Crippen molar-refractivity contribution in [3.63, 3.8) is 0 Å². The zero-order valence-electron chi connectivity index (χ0n) is 12.8. The summed E-state index contributed by atoms with van der Waals surface area (Å²) in [5.41, 5.74) is 9.36. The van der Waals surface area contributed by atoms with Gasteiger partial charge in [0.05, 0.1) is 23.5 Å². The van der Waals surface area contributed by atoms with Crippen molar-refractivity contribution in [3.05, 3.63) is 46.2 Å².